The van der Waals surface area contributed by atoms with Crippen LogP contribution >= 0.6 is 0 Å². The number of rotatable bonds is 8. The van der Waals surface area contributed by atoms with Crippen LogP contribution in [-0.4, -0.2) is 42.6 Å². The van der Waals surface area contributed by atoms with Crippen LogP contribution in [0.15, 0.2) is 29.3 Å². The Bertz CT molecular complexity index is 509. The van der Waals surface area contributed by atoms with Crippen molar-refractivity contribution in [3.8, 4) is 5.75 Å². The van der Waals surface area contributed by atoms with Crippen LogP contribution in [0.2, 0.25) is 0 Å². The molecule has 0 aliphatic heterocycles. The van der Waals surface area contributed by atoms with Crippen LogP contribution in [0.3, 0.4) is 0 Å². The molecule has 0 atom stereocenters. The number of carbonyl (C=O) groups excluding carboxylic acids is 1. The molecule has 0 unspecified atom stereocenters. The molecule has 0 saturated carbocycles. The van der Waals surface area contributed by atoms with Crippen molar-refractivity contribution in [2.24, 2.45) is 16.5 Å². The Hall–Kier alpha value is -2.77. The summed E-state index contributed by atoms with van der Waals surface area (Å²) in [5, 5.41) is 11.0. The Balaban J connectivity index is 2.40. The quantitative estimate of drug-likeness (QED) is 0.290. The molecule has 0 aliphatic rings. The summed E-state index contributed by atoms with van der Waals surface area (Å²) < 4.78 is 5.38. The molecule has 21 heavy (non-hydrogen) atoms. The van der Waals surface area contributed by atoms with Crippen molar-refractivity contribution in [2.75, 3.05) is 19.7 Å². The van der Waals surface area contributed by atoms with Crippen LogP contribution in [0.25, 0.3) is 0 Å². The lowest BCUT2D eigenvalue weighted by Crippen LogP contribution is -2.25. The second-order valence-electron chi connectivity index (χ2n) is 4.08. The number of hydrogen-bond donors (Lipinski definition) is 4. The maximum Gasteiger partial charge on any atom is 0.305 e. The highest BCUT2D eigenvalue weighted by atomic mass is 16.5. The summed E-state index contributed by atoms with van der Waals surface area (Å²) in [7, 11) is 0. The summed E-state index contributed by atoms with van der Waals surface area (Å²) in [6.45, 7) is 0.757. The Morgan fingerprint density at radius 3 is 2.48 bits per heavy atom. The Morgan fingerprint density at radius 1 is 1.24 bits per heavy atom. The molecule has 0 heterocycles. The fourth-order valence-electron chi connectivity index (χ4n) is 1.43. The normalized spacial score (nSPS) is 9.71. The van der Waals surface area contributed by atoms with Crippen molar-refractivity contribution in [3.05, 3.63) is 29.8 Å². The number of benzene rings is 1. The van der Waals surface area contributed by atoms with E-state index in [4.69, 9.17) is 21.3 Å². The van der Waals surface area contributed by atoms with Gasteiger partial charge >= 0.3 is 5.97 Å². The zero-order valence-corrected chi connectivity index (χ0v) is 11.4. The Kier molecular flexibility index (Phi) is 6.52. The third-order valence-electron chi connectivity index (χ3n) is 2.40. The lowest BCUT2D eigenvalue weighted by molar-refractivity contribution is -0.136. The maximum atomic E-state index is 11.7. The number of carbonyl (C=O) groups is 2. The van der Waals surface area contributed by atoms with E-state index in [-0.39, 0.29) is 24.8 Å². The summed E-state index contributed by atoms with van der Waals surface area (Å²) in [5.74, 6) is -0.696. The number of guanidine groups is 1. The molecular weight excluding hydrogens is 276 g/mol. The summed E-state index contributed by atoms with van der Waals surface area (Å²) in [6, 6.07) is 6.46. The molecule has 0 bridgehead atoms. The third kappa shape index (κ3) is 6.81. The molecule has 0 aliphatic carbocycles. The first-order chi connectivity index (χ1) is 9.99. The van der Waals surface area contributed by atoms with E-state index in [0.29, 0.717) is 24.5 Å². The van der Waals surface area contributed by atoms with E-state index in [1.807, 2.05) is 0 Å². The monoisotopic (exact) mass is 294 g/mol. The van der Waals surface area contributed by atoms with Crippen molar-refractivity contribution in [2.45, 2.75) is 6.42 Å². The smallest absolute Gasteiger partial charge is 0.305 e. The number of nitrogens with one attached hydrogen (secondary N) is 1. The molecule has 0 radical (unpaired) electrons. The summed E-state index contributed by atoms with van der Waals surface area (Å²) in [4.78, 5) is 25.8. The number of hydrogen-bond acceptors (Lipinski definition) is 4. The number of carboxylic acid groups (broad SMARTS) is 1. The van der Waals surface area contributed by atoms with E-state index in [0.717, 1.165) is 0 Å². The predicted octanol–water partition coefficient (Wildman–Crippen LogP) is -0.457. The second-order valence-corrected chi connectivity index (χ2v) is 4.08. The topological polar surface area (TPSA) is 140 Å². The van der Waals surface area contributed by atoms with Crippen LogP contribution < -0.4 is 21.5 Å². The van der Waals surface area contributed by atoms with Crippen molar-refractivity contribution in [3.63, 3.8) is 0 Å². The van der Waals surface area contributed by atoms with Gasteiger partial charge in [0.15, 0.2) is 5.96 Å². The van der Waals surface area contributed by atoms with Gasteiger partial charge in [-0.05, 0) is 24.3 Å². The van der Waals surface area contributed by atoms with Crippen LogP contribution in [0.4, 0.5) is 0 Å². The van der Waals surface area contributed by atoms with Crippen molar-refractivity contribution in [1.82, 2.24) is 5.32 Å². The number of aliphatic carboxylic acids is 1. The maximum absolute atomic E-state index is 11.7. The SMILES string of the molecule is NC(N)=NCCOc1ccc(C(=O)NCCC(=O)O)cc1. The average molecular weight is 294 g/mol. The van der Waals surface area contributed by atoms with Gasteiger partial charge in [0.25, 0.3) is 5.91 Å². The van der Waals surface area contributed by atoms with Gasteiger partial charge in [0, 0.05) is 12.1 Å². The van der Waals surface area contributed by atoms with Crippen LogP contribution in [-0.2, 0) is 4.79 Å². The molecule has 1 rings (SSSR count). The lowest BCUT2D eigenvalue weighted by atomic mass is 10.2. The molecule has 8 heteroatoms. The molecular formula is C13H18N4O4. The molecule has 1 aromatic carbocycles. The fourth-order valence-corrected chi connectivity index (χ4v) is 1.43. The van der Waals surface area contributed by atoms with Crippen molar-refractivity contribution in [1.29, 1.82) is 0 Å². The predicted molar refractivity (Wildman–Crippen MR) is 77.2 cm³/mol. The summed E-state index contributed by atoms with van der Waals surface area (Å²) in [6.07, 6.45) is -0.113. The minimum absolute atomic E-state index is 0.00646. The minimum Gasteiger partial charge on any atom is -0.492 e. The van der Waals surface area contributed by atoms with Crippen molar-refractivity contribution < 1.29 is 19.4 Å². The van der Waals surface area contributed by atoms with E-state index in [9.17, 15) is 9.59 Å². The van der Waals surface area contributed by atoms with Gasteiger partial charge in [-0.3, -0.25) is 14.6 Å². The Morgan fingerprint density at radius 2 is 1.90 bits per heavy atom. The lowest BCUT2D eigenvalue weighted by Gasteiger charge is -2.06. The first kappa shape index (κ1) is 16.3. The Labute approximate surface area is 121 Å². The molecule has 0 saturated heterocycles. The first-order valence-corrected chi connectivity index (χ1v) is 6.27. The van der Waals surface area contributed by atoms with Gasteiger partial charge < -0.3 is 26.6 Å². The van der Waals surface area contributed by atoms with Crippen LogP contribution in [0.5, 0.6) is 5.75 Å². The van der Waals surface area contributed by atoms with Gasteiger partial charge in [-0.25, -0.2) is 0 Å². The number of ether oxygens (including phenoxy) is 1. The molecule has 8 nitrogen and oxygen atoms in total. The number of nitrogens with two attached hydrogens (primary N) is 2. The third-order valence-corrected chi connectivity index (χ3v) is 2.40. The second kappa shape index (κ2) is 8.41. The average Bonchev–Trinajstić information content (AvgIpc) is 2.43. The first-order valence-electron chi connectivity index (χ1n) is 6.27. The van der Waals surface area contributed by atoms with Crippen LogP contribution in [0.1, 0.15) is 16.8 Å². The highest BCUT2D eigenvalue weighted by Gasteiger charge is 2.06. The van der Waals surface area contributed by atoms with Crippen LogP contribution in [0, 0.1) is 0 Å². The highest BCUT2D eigenvalue weighted by Crippen LogP contribution is 2.12. The van der Waals surface area contributed by atoms with E-state index >= 15 is 0 Å². The van der Waals surface area contributed by atoms with Gasteiger partial charge in [0.2, 0.25) is 0 Å². The number of amides is 1. The van der Waals surface area contributed by atoms with E-state index < -0.39 is 5.97 Å². The molecule has 1 amide bonds. The standard InChI is InChI=1S/C13H18N4O4/c14-13(15)17-7-8-21-10-3-1-9(2-4-10)12(20)16-6-5-11(18)19/h1-4H,5-8H2,(H,16,20)(H,18,19)(H4,14,15,17). The zero-order chi connectivity index (χ0) is 15.7. The number of aliphatic imine (C=N–C) groups is 1. The van der Waals surface area contributed by atoms with E-state index in [1.165, 1.54) is 0 Å². The van der Waals surface area contributed by atoms with Gasteiger partial charge in [0.05, 0.1) is 13.0 Å². The molecule has 6 N–H and O–H groups in total. The highest BCUT2D eigenvalue weighted by molar-refractivity contribution is 5.94. The van der Waals surface area contributed by atoms with E-state index in [2.05, 4.69) is 10.3 Å². The van der Waals surface area contributed by atoms with Gasteiger partial charge in [-0.15, -0.1) is 0 Å². The largest absolute Gasteiger partial charge is 0.492 e. The molecule has 0 fully saturated rings. The zero-order valence-electron chi connectivity index (χ0n) is 11.4. The van der Waals surface area contributed by atoms with Gasteiger partial charge in [-0.2, -0.15) is 0 Å². The fraction of sp³-hybridized carbons (Fsp3) is 0.308. The number of carboxylic acids is 1. The van der Waals surface area contributed by atoms with E-state index in [1.54, 1.807) is 24.3 Å². The summed E-state index contributed by atoms with van der Waals surface area (Å²) >= 11 is 0. The van der Waals surface area contributed by atoms with Gasteiger partial charge in [0.1, 0.15) is 12.4 Å². The molecule has 0 aromatic heterocycles. The molecule has 1 aromatic rings. The van der Waals surface area contributed by atoms with Gasteiger partial charge in [-0.1, -0.05) is 0 Å². The van der Waals surface area contributed by atoms with Crippen molar-refractivity contribution >= 4 is 17.8 Å². The minimum atomic E-state index is -0.958. The molecule has 114 valence electrons. The summed E-state index contributed by atoms with van der Waals surface area (Å²) in [5.41, 5.74) is 10.8. The number of nitrogens with zero attached hydrogens (tertiary/aromatic N) is 1. The molecule has 0 spiro atoms.